The zero-order chi connectivity index (χ0) is 15.5. The quantitative estimate of drug-likeness (QED) is 0.786. The van der Waals surface area contributed by atoms with Gasteiger partial charge in [0.05, 0.1) is 5.69 Å². The average Bonchev–Trinajstić information content (AvgIpc) is 2.29. The van der Waals surface area contributed by atoms with E-state index in [1.807, 2.05) is 0 Å². The summed E-state index contributed by atoms with van der Waals surface area (Å²) < 4.78 is 14.1. The van der Waals surface area contributed by atoms with Gasteiger partial charge < -0.3 is 15.7 Å². The van der Waals surface area contributed by atoms with Gasteiger partial charge in [0.25, 0.3) is 0 Å². The first-order chi connectivity index (χ1) is 9.11. The van der Waals surface area contributed by atoms with Crippen LogP contribution in [-0.2, 0) is 4.79 Å². The Labute approximate surface area is 124 Å². The van der Waals surface area contributed by atoms with Crippen LogP contribution in [0.25, 0.3) is 0 Å². The van der Waals surface area contributed by atoms with E-state index in [1.165, 1.54) is 18.2 Å². The van der Waals surface area contributed by atoms with Gasteiger partial charge in [0, 0.05) is 4.47 Å². The predicted octanol–water partition coefficient (Wildman–Crippen LogP) is 3.21. The Hall–Kier alpha value is -1.63. The Morgan fingerprint density at radius 2 is 1.95 bits per heavy atom. The molecule has 0 radical (unpaired) electrons. The van der Waals surface area contributed by atoms with Gasteiger partial charge in [0.15, 0.2) is 0 Å². The number of carbonyl (C=O) groups is 2. The molecule has 0 spiro atoms. The van der Waals surface area contributed by atoms with Gasteiger partial charge in [-0.3, -0.25) is 0 Å². The monoisotopic (exact) mass is 346 g/mol. The molecule has 0 aromatic heterocycles. The van der Waals surface area contributed by atoms with E-state index in [-0.39, 0.29) is 5.69 Å². The second-order valence-electron chi connectivity index (χ2n) is 5.36. The van der Waals surface area contributed by atoms with E-state index in [1.54, 1.807) is 20.8 Å². The maximum atomic E-state index is 13.5. The number of urea groups is 1. The van der Waals surface area contributed by atoms with E-state index >= 15 is 0 Å². The number of carboxylic acid groups (broad SMARTS) is 1. The van der Waals surface area contributed by atoms with Crippen molar-refractivity contribution in [3.63, 3.8) is 0 Å². The van der Waals surface area contributed by atoms with Gasteiger partial charge in [-0.05, 0) is 23.6 Å². The lowest BCUT2D eigenvalue weighted by atomic mass is 9.87. The molecule has 20 heavy (non-hydrogen) atoms. The molecule has 0 bridgehead atoms. The van der Waals surface area contributed by atoms with E-state index in [4.69, 9.17) is 5.11 Å². The molecule has 1 aromatic rings. The largest absolute Gasteiger partial charge is 0.480 e. The molecule has 0 aliphatic rings. The van der Waals surface area contributed by atoms with Crippen LogP contribution in [0.1, 0.15) is 20.8 Å². The van der Waals surface area contributed by atoms with Crippen molar-refractivity contribution < 1.29 is 19.1 Å². The summed E-state index contributed by atoms with van der Waals surface area (Å²) in [5, 5.41) is 13.7. The smallest absolute Gasteiger partial charge is 0.326 e. The Morgan fingerprint density at radius 3 is 2.45 bits per heavy atom. The lowest BCUT2D eigenvalue weighted by Gasteiger charge is -2.27. The molecular formula is C13H16BrFN2O3. The van der Waals surface area contributed by atoms with Crippen LogP contribution in [0, 0.1) is 11.2 Å². The Balaban J connectivity index is 2.81. The minimum absolute atomic E-state index is 0.0325. The molecule has 0 saturated carbocycles. The van der Waals surface area contributed by atoms with Crippen molar-refractivity contribution in [1.82, 2.24) is 5.32 Å². The van der Waals surface area contributed by atoms with Crippen LogP contribution < -0.4 is 10.6 Å². The van der Waals surface area contributed by atoms with Crippen molar-refractivity contribution in [3.8, 4) is 0 Å². The van der Waals surface area contributed by atoms with Crippen molar-refractivity contribution in [1.29, 1.82) is 0 Å². The lowest BCUT2D eigenvalue weighted by Crippen LogP contribution is -2.50. The molecular weight excluding hydrogens is 331 g/mol. The number of halogens is 2. The number of carboxylic acids is 1. The molecule has 110 valence electrons. The first-order valence-electron chi connectivity index (χ1n) is 5.86. The summed E-state index contributed by atoms with van der Waals surface area (Å²) in [7, 11) is 0. The van der Waals surface area contributed by atoms with Crippen molar-refractivity contribution in [2.75, 3.05) is 5.32 Å². The van der Waals surface area contributed by atoms with Gasteiger partial charge in [-0.25, -0.2) is 14.0 Å². The maximum Gasteiger partial charge on any atom is 0.326 e. The molecule has 0 aliphatic carbocycles. The fourth-order valence-corrected chi connectivity index (χ4v) is 1.89. The summed E-state index contributed by atoms with van der Waals surface area (Å²) in [6.45, 7) is 5.06. The third-order valence-electron chi connectivity index (χ3n) is 2.57. The minimum atomic E-state index is -1.15. The number of benzene rings is 1. The fraction of sp³-hybridized carbons (Fsp3) is 0.385. The lowest BCUT2D eigenvalue weighted by molar-refractivity contribution is -0.141. The van der Waals surface area contributed by atoms with Crippen LogP contribution in [0.4, 0.5) is 14.9 Å². The molecule has 0 saturated heterocycles. The molecule has 0 aliphatic heterocycles. The highest BCUT2D eigenvalue weighted by Crippen LogP contribution is 2.21. The maximum absolute atomic E-state index is 13.5. The van der Waals surface area contributed by atoms with E-state index in [9.17, 15) is 14.0 Å². The van der Waals surface area contributed by atoms with Gasteiger partial charge in [0.1, 0.15) is 11.9 Å². The standard InChI is InChI=1S/C13H16BrFN2O3/c1-13(2,3)10(11(18)19)17-12(20)16-9-6-7(14)4-5-8(9)15/h4-6,10H,1-3H3,(H,18,19)(H2,16,17,20). The number of hydrogen-bond acceptors (Lipinski definition) is 2. The topological polar surface area (TPSA) is 78.4 Å². The van der Waals surface area contributed by atoms with E-state index in [0.29, 0.717) is 4.47 Å². The molecule has 1 aromatic carbocycles. The number of carbonyl (C=O) groups excluding carboxylic acids is 1. The summed E-state index contributed by atoms with van der Waals surface area (Å²) in [6, 6.07) is 2.22. The minimum Gasteiger partial charge on any atom is -0.480 e. The van der Waals surface area contributed by atoms with Crippen LogP contribution in [0.3, 0.4) is 0 Å². The molecule has 3 N–H and O–H groups in total. The molecule has 1 unspecified atom stereocenters. The molecule has 0 fully saturated rings. The first kappa shape index (κ1) is 16.4. The molecule has 1 atom stereocenters. The normalized spacial score (nSPS) is 12.7. The van der Waals surface area contributed by atoms with Crippen LogP contribution >= 0.6 is 15.9 Å². The van der Waals surface area contributed by atoms with Crippen LogP contribution in [0.5, 0.6) is 0 Å². The van der Waals surface area contributed by atoms with Crippen LogP contribution in [0.15, 0.2) is 22.7 Å². The summed E-state index contributed by atoms with van der Waals surface area (Å²) in [4.78, 5) is 22.9. The number of rotatable bonds is 3. The van der Waals surface area contributed by atoms with Gasteiger partial charge >= 0.3 is 12.0 Å². The second-order valence-corrected chi connectivity index (χ2v) is 6.28. The SMILES string of the molecule is CC(C)(C)C(NC(=O)Nc1cc(Br)ccc1F)C(=O)O. The van der Waals surface area contributed by atoms with E-state index in [0.717, 1.165) is 0 Å². The number of amides is 2. The molecule has 1 rings (SSSR count). The summed E-state index contributed by atoms with van der Waals surface area (Å²) in [5.74, 6) is -1.76. The number of nitrogens with one attached hydrogen (secondary N) is 2. The zero-order valence-electron chi connectivity index (χ0n) is 11.3. The van der Waals surface area contributed by atoms with E-state index < -0.39 is 29.3 Å². The Morgan fingerprint density at radius 1 is 1.35 bits per heavy atom. The number of anilines is 1. The summed E-state index contributed by atoms with van der Waals surface area (Å²) in [5.41, 5.74) is -0.700. The van der Waals surface area contributed by atoms with Gasteiger partial charge in [-0.1, -0.05) is 36.7 Å². The molecule has 7 heteroatoms. The van der Waals surface area contributed by atoms with E-state index in [2.05, 4.69) is 26.6 Å². The van der Waals surface area contributed by atoms with Crippen molar-refractivity contribution in [3.05, 3.63) is 28.5 Å². The number of aliphatic carboxylic acids is 1. The summed E-state index contributed by atoms with van der Waals surface area (Å²) in [6.07, 6.45) is 0. The van der Waals surface area contributed by atoms with Crippen molar-refractivity contribution in [2.45, 2.75) is 26.8 Å². The highest BCUT2D eigenvalue weighted by atomic mass is 79.9. The highest BCUT2D eigenvalue weighted by molar-refractivity contribution is 9.10. The van der Waals surface area contributed by atoms with Crippen molar-refractivity contribution >= 4 is 33.6 Å². The average molecular weight is 347 g/mol. The van der Waals surface area contributed by atoms with Crippen LogP contribution in [-0.4, -0.2) is 23.1 Å². The van der Waals surface area contributed by atoms with Gasteiger partial charge in [0.2, 0.25) is 0 Å². The fourth-order valence-electron chi connectivity index (χ4n) is 1.53. The molecule has 2 amide bonds. The highest BCUT2D eigenvalue weighted by Gasteiger charge is 2.32. The zero-order valence-corrected chi connectivity index (χ0v) is 12.9. The third kappa shape index (κ3) is 4.48. The van der Waals surface area contributed by atoms with Crippen LogP contribution in [0.2, 0.25) is 0 Å². The Kier molecular flexibility index (Phi) is 5.10. The number of hydrogen-bond donors (Lipinski definition) is 3. The first-order valence-corrected chi connectivity index (χ1v) is 6.66. The predicted molar refractivity (Wildman–Crippen MR) is 77.1 cm³/mol. The van der Waals surface area contributed by atoms with Gasteiger partial charge in [-0.15, -0.1) is 0 Å². The van der Waals surface area contributed by atoms with Crippen molar-refractivity contribution in [2.24, 2.45) is 5.41 Å². The molecule has 5 nitrogen and oxygen atoms in total. The summed E-state index contributed by atoms with van der Waals surface area (Å²) >= 11 is 3.16. The molecule has 0 heterocycles. The third-order valence-corrected chi connectivity index (χ3v) is 3.06. The Bertz CT molecular complexity index is 529. The van der Waals surface area contributed by atoms with Gasteiger partial charge in [-0.2, -0.15) is 0 Å². The second kappa shape index (κ2) is 6.21.